The molecule has 1 unspecified atom stereocenters. The molecule has 2 rings (SSSR count). The molecule has 0 fully saturated rings. The van der Waals surface area contributed by atoms with E-state index in [-0.39, 0.29) is 12.3 Å². The molecule has 0 saturated heterocycles. The molecule has 0 aliphatic carbocycles. The van der Waals surface area contributed by atoms with Crippen molar-refractivity contribution in [3.05, 3.63) is 33.9 Å². The highest BCUT2D eigenvalue weighted by Crippen LogP contribution is 2.32. The fourth-order valence-electron chi connectivity index (χ4n) is 2.31. The second-order valence-electron chi connectivity index (χ2n) is 4.78. The number of nitrogens with zero attached hydrogens (tertiary/aromatic N) is 2. The normalized spacial score (nSPS) is 14.5. The number of carbonyl (C=O) groups is 2. The SMILES string of the molecule is CCOC(=O)C(C)C(=O)N1CCc2ccc([N+](=O)[O-])cc21. The molecule has 1 aliphatic rings. The molecule has 1 aromatic carbocycles. The van der Waals surface area contributed by atoms with E-state index in [1.54, 1.807) is 13.0 Å². The number of benzene rings is 1. The summed E-state index contributed by atoms with van der Waals surface area (Å²) >= 11 is 0. The average Bonchev–Trinajstić information content (AvgIpc) is 2.88. The summed E-state index contributed by atoms with van der Waals surface area (Å²) in [5, 5.41) is 10.8. The molecule has 0 radical (unpaired) electrons. The van der Waals surface area contributed by atoms with Gasteiger partial charge in [-0.2, -0.15) is 0 Å². The van der Waals surface area contributed by atoms with Gasteiger partial charge in [-0.3, -0.25) is 19.7 Å². The van der Waals surface area contributed by atoms with Gasteiger partial charge < -0.3 is 9.64 Å². The van der Waals surface area contributed by atoms with Crippen molar-refractivity contribution in [2.75, 3.05) is 18.1 Å². The number of fused-ring (bicyclic) bond motifs is 1. The van der Waals surface area contributed by atoms with E-state index in [9.17, 15) is 19.7 Å². The first-order valence-electron chi connectivity index (χ1n) is 6.71. The first-order valence-corrected chi connectivity index (χ1v) is 6.71. The number of hydrogen-bond acceptors (Lipinski definition) is 5. The van der Waals surface area contributed by atoms with Crippen molar-refractivity contribution in [2.24, 2.45) is 5.92 Å². The second kappa shape index (κ2) is 5.90. The Morgan fingerprint density at radius 3 is 2.81 bits per heavy atom. The Bertz CT molecular complexity index is 599. The van der Waals surface area contributed by atoms with E-state index in [2.05, 4.69) is 0 Å². The lowest BCUT2D eigenvalue weighted by Gasteiger charge is -2.20. The minimum absolute atomic E-state index is 0.0720. The fourth-order valence-corrected chi connectivity index (χ4v) is 2.31. The van der Waals surface area contributed by atoms with Crippen molar-refractivity contribution >= 4 is 23.3 Å². The number of hydrogen-bond donors (Lipinski definition) is 0. The molecule has 1 aromatic rings. The molecular weight excluding hydrogens is 276 g/mol. The zero-order valence-electron chi connectivity index (χ0n) is 11.9. The maximum absolute atomic E-state index is 12.4. The first kappa shape index (κ1) is 15.0. The maximum atomic E-state index is 12.4. The van der Waals surface area contributed by atoms with E-state index in [0.29, 0.717) is 18.7 Å². The Morgan fingerprint density at radius 2 is 2.19 bits per heavy atom. The highest BCUT2D eigenvalue weighted by atomic mass is 16.6. The molecular formula is C14H16N2O5. The van der Waals surface area contributed by atoms with E-state index in [4.69, 9.17) is 4.74 Å². The lowest BCUT2D eigenvalue weighted by molar-refractivity contribution is -0.384. The molecule has 1 amide bonds. The summed E-state index contributed by atoms with van der Waals surface area (Å²) in [5.74, 6) is -1.90. The predicted molar refractivity (Wildman–Crippen MR) is 75.0 cm³/mol. The van der Waals surface area contributed by atoms with Gasteiger partial charge in [0.2, 0.25) is 5.91 Å². The summed E-state index contributed by atoms with van der Waals surface area (Å²) in [5.41, 5.74) is 1.30. The smallest absolute Gasteiger partial charge is 0.318 e. The lowest BCUT2D eigenvalue weighted by Crippen LogP contribution is -2.37. The summed E-state index contributed by atoms with van der Waals surface area (Å²) in [4.78, 5) is 35.8. The fraction of sp³-hybridized carbons (Fsp3) is 0.429. The Kier molecular flexibility index (Phi) is 4.21. The zero-order chi connectivity index (χ0) is 15.6. The van der Waals surface area contributed by atoms with Crippen molar-refractivity contribution in [1.29, 1.82) is 0 Å². The number of nitro benzene ring substituents is 1. The van der Waals surface area contributed by atoms with Gasteiger partial charge in [-0.15, -0.1) is 0 Å². The van der Waals surface area contributed by atoms with Crippen LogP contribution in [0, 0.1) is 16.0 Å². The van der Waals surface area contributed by atoms with Crippen LogP contribution in [0.25, 0.3) is 0 Å². The molecule has 0 spiro atoms. The number of non-ortho nitro benzene ring substituents is 1. The van der Waals surface area contributed by atoms with Gasteiger partial charge in [-0.1, -0.05) is 6.07 Å². The van der Waals surface area contributed by atoms with Crippen molar-refractivity contribution in [3.8, 4) is 0 Å². The molecule has 112 valence electrons. The summed E-state index contributed by atoms with van der Waals surface area (Å²) in [6.07, 6.45) is 0.620. The minimum atomic E-state index is -0.921. The number of carbonyl (C=O) groups excluding carboxylic acids is 2. The van der Waals surface area contributed by atoms with E-state index in [1.165, 1.54) is 24.0 Å². The molecule has 0 N–H and O–H groups in total. The van der Waals surface area contributed by atoms with Crippen LogP contribution in [0.5, 0.6) is 0 Å². The van der Waals surface area contributed by atoms with Gasteiger partial charge in [-0.05, 0) is 25.8 Å². The summed E-state index contributed by atoms with van der Waals surface area (Å²) in [6, 6.07) is 4.44. The molecule has 0 aromatic heterocycles. The minimum Gasteiger partial charge on any atom is -0.465 e. The Balaban J connectivity index is 2.25. The topological polar surface area (TPSA) is 89.8 Å². The van der Waals surface area contributed by atoms with E-state index < -0.39 is 22.7 Å². The quantitative estimate of drug-likeness (QED) is 0.364. The standard InChI is InChI=1S/C14H16N2O5/c1-3-21-14(18)9(2)13(17)15-7-6-10-4-5-11(16(19)20)8-12(10)15/h4-5,8-9H,3,6-7H2,1-2H3. The first-order chi connectivity index (χ1) is 9.95. The number of ether oxygens (including phenoxy) is 1. The Hall–Kier alpha value is -2.44. The molecule has 21 heavy (non-hydrogen) atoms. The third-order valence-electron chi connectivity index (χ3n) is 3.45. The van der Waals surface area contributed by atoms with Crippen LogP contribution in [0.4, 0.5) is 11.4 Å². The van der Waals surface area contributed by atoms with Crippen LogP contribution in [0.1, 0.15) is 19.4 Å². The molecule has 7 nitrogen and oxygen atoms in total. The number of anilines is 1. The molecule has 0 saturated carbocycles. The van der Waals surface area contributed by atoms with Crippen molar-refractivity contribution in [3.63, 3.8) is 0 Å². The van der Waals surface area contributed by atoms with Crippen LogP contribution in [-0.4, -0.2) is 30.0 Å². The summed E-state index contributed by atoms with van der Waals surface area (Å²) in [7, 11) is 0. The van der Waals surface area contributed by atoms with Crippen molar-refractivity contribution in [2.45, 2.75) is 20.3 Å². The van der Waals surface area contributed by atoms with Crippen molar-refractivity contribution in [1.82, 2.24) is 0 Å². The highest BCUT2D eigenvalue weighted by molar-refractivity contribution is 6.07. The monoisotopic (exact) mass is 292 g/mol. The molecule has 1 heterocycles. The number of amides is 1. The van der Waals surface area contributed by atoms with Crippen LogP contribution < -0.4 is 4.90 Å². The van der Waals surface area contributed by atoms with Gasteiger partial charge >= 0.3 is 5.97 Å². The molecule has 1 atom stereocenters. The molecule has 0 bridgehead atoms. The third-order valence-corrected chi connectivity index (χ3v) is 3.45. The lowest BCUT2D eigenvalue weighted by atomic mass is 10.1. The number of esters is 1. The van der Waals surface area contributed by atoms with E-state index >= 15 is 0 Å². The van der Waals surface area contributed by atoms with Crippen LogP contribution in [0.3, 0.4) is 0 Å². The Labute approximate surface area is 121 Å². The Morgan fingerprint density at radius 1 is 1.48 bits per heavy atom. The van der Waals surface area contributed by atoms with Gasteiger partial charge in [0, 0.05) is 18.7 Å². The van der Waals surface area contributed by atoms with Gasteiger partial charge in [0.15, 0.2) is 0 Å². The van der Waals surface area contributed by atoms with Crippen LogP contribution in [0.2, 0.25) is 0 Å². The number of nitro groups is 1. The average molecular weight is 292 g/mol. The van der Waals surface area contributed by atoms with E-state index in [0.717, 1.165) is 5.56 Å². The largest absolute Gasteiger partial charge is 0.465 e. The van der Waals surface area contributed by atoms with E-state index in [1.807, 2.05) is 0 Å². The zero-order valence-corrected chi connectivity index (χ0v) is 11.9. The van der Waals surface area contributed by atoms with Crippen LogP contribution in [0.15, 0.2) is 18.2 Å². The second-order valence-corrected chi connectivity index (χ2v) is 4.78. The maximum Gasteiger partial charge on any atom is 0.318 e. The van der Waals surface area contributed by atoms with Gasteiger partial charge in [0.25, 0.3) is 5.69 Å². The van der Waals surface area contributed by atoms with Crippen molar-refractivity contribution < 1.29 is 19.2 Å². The predicted octanol–water partition coefficient (Wildman–Crippen LogP) is 1.68. The van der Waals surface area contributed by atoms with Crippen LogP contribution >= 0.6 is 0 Å². The highest BCUT2D eigenvalue weighted by Gasteiger charge is 2.33. The van der Waals surface area contributed by atoms with Gasteiger partial charge in [0.1, 0.15) is 5.92 Å². The molecule has 7 heteroatoms. The van der Waals surface area contributed by atoms with Crippen LogP contribution in [-0.2, 0) is 20.7 Å². The third kappa shape index (κ3) is 2.86. The van der Waals surface area contributed by atoms with Gasteiger partial charge in [0.05, 0.1) is 17.2 Å². The molecule has 1 aliphatic heterocycles. The summed E-state index contributed by atoms with van der Waals surface area (Å²) in [6.45, 7) is 3.77. The number of rotatable bonds is 4. The summed E-state index contributed by atoms with van der Waals surface area (Å²) < 4.78 is 4.84. The van der Waals surface area contributed by atoms with Gasteiger partial charge in [-0.25, -0.2) is 0 Å².